The van der Waals surface area contributed by atoms with Gasteiger partial charge in [0, 0.05) is 22.6 Å². The third-order valence-corrected chi connectivity index (χ3v) is 6.87. The van der Waals surface area contributed by atoms with Crippen molar-refractivity contribution in [3.8, 4) is 17.5 Å². The van der Waals surface area contributed by atoms with Gasteiger partial charge in [-0.05, 0) is 98.4 Å². The van der Waals surface area contributed by atoms with E-state index in [1.165, 1.54) is 29.2 Å². The third kappa shape index (κ3) is 5.13. The van der Waals surface area contributed by atoms with Gasteiger partial charge in [0.2, 0.25) is 0 Å². The molecule has 198 valence electrons. The lowest BCUT2D eigenvalue weighted by atomic mass is 10.1. The second-order valence-electron chi connectivity index (χ2n) is 9.15. The Morgan fingerprint density at radius 1 is 1.00 bits per heavy atom. The van der Waals surface area contributed by atoms with Crippen molar-refractivity contribution in [2.24, 2.45) is 0 Å². The summed E-state index contributed by atoms with van der Waals surface area (Å²) in [7, 11) is 0. The Hall–Kier alpha value is -5.07. The minimum atomic E-state index is -0.599. The molecule has 1 aliphatic heterocycles. The summed E-state index contributed by atoms with van der Waals surface area (Å²) < 4.78 is 21.3. The molecule has 1 fully saturated rings. The van der Waals surface area contributed by atoms with Gasteiger partial charge in [-0.2, -0.15) is 5.26 Å². The lowest BCUT2D eigenvalue weighted by molar-refractivity contribution is -0.122. The number of carbonyl (C=O) groups excluding carboxylic acids is 2. The minimum absolute atomic E-state index is 0.0670. The number of ether oxygens (including phenoxy) is 1. The predicted molar refractivity (Wildman–Crippen MR) is 153 cm³/mol. The van der Waals surface area contributed by atoms with Crippen LogP contribution in [0.15, 0.2) is 84.4 Å². The highest BCUT2D eigenvalue weighted by Crippen LogP contribution is 2.27. The molecule has 0 atom stereocenters. The van der Waals surface area contributed by atoms with Gasteiger partial charge in [-0.1, -0.05) is 18.2 Å². The van der Waals surface area contributed by atoms with Crippen LogP contribution >= 0.6 is 12.2 Å². The molecule has 3 aromatic carbocycles. The van der Waals surface area contributed by atoms with E-state index in [0.29, 0.717) is 22.6 Å². The molecule has 0 saturated carbocycles. The quantitative estimate of drug-likeness (QED) is 0.194. The highest BCUT2D eigenvalue weighted by molar-refractivity contribution is 7.80. The number of hydrogen-bond acceptors (Lipinski definition) is 5. The van der Waals surface area contributed by atoms with E-state index >= 15 is 0 Å². The fourth-order valence-electron chi connectivity index (χ4n) is 4.58. The van der Waals surface area contributed by atoms with Gasteiger partial charge in [0.25, 0.3) is 11.8 Å². The zero-order valence-corrected chi connectivity index (χ0v) is 22.5. The van der Waals surface area contributed by atoms with E-state index in [0.717, 1.165) is 22.6 Å². The summed E-state index contributed by atoms with van der Waals surface area (Å²) in [4.78, 5) is 27.3. The van der Waals surface area contributed by atoms with Crippen LogP contribution in [0.2, 0.25) is 0 Å². The molecule has 0 radical (unpaired) electrons. The molecule has 2 heterocycles. The Morgan fingerprint density at radius 2 is 1.68 bits per heavy atom. The van der Waals surface area contributed by atoms with Crippen molar-refractivity contribution in [1.82, 2.24) is 9.88 Å². The van der Waals surface area contributed by atoms with E-state index in [9.17, 15) is 19.2 Å². The van der Waals surface area contributed by atoms with E-state index in [4.69, 9.17) is 17.0 Å². The van der Waals surface area contributed by atoms with E-state index in [1.807, 2.05) is 66.9 Å². The number of carbonyl (C=O) groups is 2. The molecule has 1 N–H and O–H groups in total. The van der Waals surface area contributed by atoms with Crippen LogP contribution in [0, 0.1) is 31.0 Å². The summed E-state index contributed by atoms with van der Waals surface area (Å²) in [5, 5.41) is 11.8. The average molecular weight is 551 g/mol. The fraction of sp³-hybridized carbons (Fsp3) is 0.0968. The first kappa shape index (κ1) is 26.5. The molecule has 40 heavy (non-hydrogen) atoms. The van der Waals surface area contributed by atoms with Crippen LogP contribution in [-0.2, 0) is 16.2 Å². The Kier molecular flexibility index (Phi) is 7.27. The third-order valence-electron chi connectivity index (χ3n) is 6.58. The van der Waals surface area contributed by atoms with Crippen molar-refractivity contribution in [3.05, 3.63) is 118 Å². The normalized spacial score (nSPS) is 14.3. The average Bonchev–Trinajstić information content (AvgIpc) is 3.23. The Bertz CT molecular complexity index is 1720. The minimum Gasteiger partial charge on any atom is -0.489 e. The second kappa shape index (κ2) is 11.0. The number of hydrogen-bond donors (Lipinski definition) is 1. The Labute approximate surface area is 235 Å². The van der Waals surface area contributed by atoms with Crippen LogP contribution in [0.5, 0.6) is 5.75 Å². The molecule has 7 nitrogen and oxygen atoms in total. The van der Waals surface area contributed by atoms with Crippen LogP contribution in [0.25, 0.3) is 11.8 Å². The maximum absolute atomic E-state index is 13.4. The van der Waals surface area contributed by atoms with E-state index in [2.05, 4.69) is 11.4 Å². The molecular weight excluding hydrogens is 527 g/mol. The van der Waals surface area contributed by atoms with Crippen molar-refractivity contribution >= 4 is 40.9 Å². The van der Waals surface area contributed by atoms with Crippen LogP contribution < -0.4 is 15.0 Å². The van der Waals surface area contributed by atoms with Crippen LogP contribution in [0.1, 0.15) is 28.1 Å². The highest BCUT2D eigenvalue weighted by atomic mass is 32.1. The van der Waals surface area contributed by atoms with Crippen molar-refractivity contribution in [1.29, 1.82) is 5.26 Å². The molecule has 5 rings (SSSR count). The second-order valence-corrected chi connectivity index (χ2v) is 9.53. The lowest BCUT2D eigenvalue weighted by Crippen LogP contribution is -2.54. The SMILES string of the molecule is Cc1cc(/C=C2/C(=O)NC(=S)N(c3ccc(F)cc3)C2=O)c(C)n1-c1ccc(OCc2ccccc2C#N)cc1. The molecule has 1 saturated heterocycles. The van der Waals surface area contributed by atoms with Gasteiger partial charge in [-0.25, -0.2) is 4.39 Å². The molecule has 0 bridgehead atoms. The summed E-state index contributed by atoms with van der Waals surface area (Å²) in [6, 6.07) is 24.2. The number of nitrogens with one attached hydrogen (secondary N) is 1. The van der Waals surface area contributed by atoms with Crippen LogP contribution in [0.4, 0.5) is 10.1 Å². The molecule has 2 amide bonds. The maximum Gasteiger partial charge on any atom is 0.270 e. The molecular formula is C31H23FN4O3S. The predicted octanol–water partition coefficient (Wildman–Crippen LogP) is 5.52. The molecule has 1 aromatic heterocycles. The van der Waals surface area contributed by atoms with Gasteiger partial charge < -0.3 is 9.30 Å². The van der Waals surface area contributed by atoms with Gasteiger partial charge in [0.15, 0.2) is 5.11 Å². The van der Waals surface area contributed by atoms with Gasteiger partial charge in [-0.15, -0.1) is 0 Å². The number of nitrogens with zero attached hydrogens (tertiary/aromatic N) is 3. The number of anilines is 1. The summed E-state index contributed by atoms with van der Waals surface area (Å²) in [6.45, 7) is 4.11. The summed E-state index contributed by atoms with van der Waals surface area (Å²) in [5.41, 5.74) is 4.94. The summed E-state index contributed by atoms with van der Waals surface area (Å²) >= 11 is 5.22. The fourth-order valence-corrected chi connectivity index (χ4v) is 4.86. The number of aromatic nitrogens is 1. The Balaban J connectivity index is 1.39. The monoisotopic (exact) mass is 550 g/mol. The summed E-state index contributed by atoms with van der Waals surface area (Å²) in [5.74, 6) is -0.986. The molecule has 1 aliphatic rings. The first-order valence-corrected chi connectivity index (χ1v) is 12.7. The standard InChI is InChI=1S/C31H23FN4O3S/c1-19-15-23(16-28-29(37)34-31(40)36(30(28)38)26-9-7-24(32)8-10-26)20(2)35(19)25-11-13-27(14-12-25)39-18-22-6-4-3-5-21(22)17-33/h3-16H,18H2,1-2H3,(H,34,37,40)/b28-16-. The topological polar surface area (TPSA) is 87.4 Å². The highest BCUT2D eigenvalue weighted by Gasteiger charge is 2.34. The number of nitriles is 1. The molecule has 0 unspecified atom stereocenters. The molecule has 9 heteroatoms. The largest absolute Gasteiger partial charge is 0.489 e. The van der Waals surface area contributed by atoms with E-state index < -0.39 is 17.6 Å². The number of halogens is 1. The van der Waals surface area contributed by atoms with Crippen molar-refractivity contribution in [3.63, 3.8) is 0 Å². The smallest absolute Gasteiger partial charge is 0.270 e. The zero-order chi connectivity index (χ0) is 28.4. The number of benzene rings is 3. The van der Waals surface area contributed by atoms with E-state index in [-0.39, 0.29) is 17.3 Å². The molecule has 0 aliphatic carbocycles. The Morgan fingerprint density at radius 3 is 2.38 bits per heavy atom. The first-order chi connectivity index (χ1) is 19.3. The van der Waals surface area contributed by atoms with Gasteiger partial charge in [0.1, 0.15) is 23.7 Å². The van der Waals surface area contributed by atoms with E-state index in [1.54, 1.807) is 12.1 Å². The zero-order valence-electron chi connectivity index (χ0n) is 21.6. The summed E-state index contributed by atoms with van der Waals surface area (Å²) in [6.07, 6.45) is 1.54. The number of aryl methyl sites for hydroxylation is 1. The van der Waals surface area contributed by atoms with Crippen LogP contribution in [-0.4, -0.2) is 21.5 Å². The number of amides is 2. The van der Waals surface area contributed by atoms with Crippen molar-refractivity contribution in [2.45, 2.75) is 20.5 Å². The van der Waals surface area contributed by atoms with Crippen LogP contribution in [0.3, 0.4) is 0 Å². The number of thiocarbonyl (C=S) groups is 1. The maximum atomic E-state index is 13.4. The first-order valence-electron chi connectivity index (χ1n) is 12.3. The lowest BCUT2D eigenvalue weighted by Gasteiger charge is -2.28. The van der Waals surface area contributed by atoms with Gasteiger partial charge >= 0.3 is 0 Å². The van der Waals surface area contributed by atoms with Gasteiger partial charge in [0.05, 0.1) is 17.3 Å². The van der Waals surface area contributed by atoms with Crippen molar-refractivity contribution in [2.75, 3.05) is 4.90 Å². The number of rotatable bonds is 6. The van der Waals surface area contributed by atoms with Crippen molar-refractivity contribution < 1.29 is 18.7 Å². The molecule has 0 spiro atoms. The van der Waals surface area contributed by atoms with Gasteiger partial charge in [-0.3, -0.25) is 19.8 Å². The molecule has 4 aromatic rings.